The van der Waals surface area contributed by atoms with E-state index in [1.54, 1.807) is 12.0 Å². The van der Waals surface area contributed by atoms with E-state index in [1.165, 1.54) is 0 Å². The first-order valence-corrected chi connectivity index (χ1v) is 10.3. The van der Waals surface area contributed by atoms with Crippen molar-refractivity contribution in [3.05, 3.63) is 65.2 Å². The molecule has 0 saturated heterocycles. The Bertz CT molecular complexity index is 939. The Morgan fingerprint density at radius 3 is 2.20 bits per heavy atom. The molecule has 1 aliphatic carbocycles. The van der Waals surface area contributed by atoms with Gasteiger partial charge in [-0.2, -0.15) is 0 Å². The molecule has 5 heteroatoms. The summed E-state index contributed by atoms with van der Waals surface area (Å²) in [5.74, 6) is 7.11. The molecule has 2 amide bonds. The monoisotopic (exact) mass is 404 g/mol. The van der Waals surface area contributed by atoms with Gasteiger partial charge in [0.2, 0.25) is 5.91 Å². The summed E-state index contributed by atoms with van der Waals surface area (Å²) in [5.41, 5.74) is 2.38. The number of nitrogens with one attached hydrogen (secondary N) is 1. The minimum atomic E-state index is -0.0220. The summed E-state index contributed by atoms with van der Waals surface area (Å²) < 4.78 is 5.15. The smallest absolute Gasteiger partial charge is 0.253 e. The number of benzene rings is 2. The van der Waals surface area contributed by atoms with Gasteiger partial charge in [-0.05, 0) is 74.7 Å². The Balaban J connectivity index is 1.61. The Morgan fingerprint density at radius 2 is 1.63 bits per heavy atom. The maximum absolute atomic E-state index is 12.9. The molecule has 3 rings (SSSR count). The highest BCUT2D eigenvalue weighted by molar-refractivity contribution is 5.94. The van der Waals surface area contributed by atoms with Crippen LogP contribution in [0.4, 0.5) is 0 Å². The highest BCUT2D eigenvalue weighted by Crippen LogP contribution is 2.29. The van der Waals surface area contributed by atoms with Crippen LogP contribution in [-0.2, 0) is 4.79 Å². The number of hydrogen-bond acceptors (Lipinski definition) is 3. The molecule has 156 valence electrons. The molecular weight excluding hydrogens is 376 g/mol. The molecule has 0 unspecified atom stereocenters. The normalized spacial score (nSPS) is 17.6. The summed E-state index contributed by atoms with van der Waals surface area (Å²) in [5, 5.41) is 2.88. The van der Waals surface area contributed by atoms with Crippen molar-refractivity contribution >= 4 is 11.8 Å². The molecule has 30 heavy (non-hydrogen) atoms. The van der Waals surface area contributed by atoms with Gasteiger partial charge < -0.3 is 15.0 Å². The number of carbonyl (C=O) groups excluding carboxylic acids is 2. The number of ether oxygens (including phenoxy) is 1. The average molecular weight is 405 g/mol. The van der Waals surface area contributed by atoms with E-state index in [0.717, 1.165) is 36.1 Å². The van der Waals surface area contributed by atoms with Gasteiger partial charge in [0.15, 0.2) is 0 Å². The Kier molecular flexibility index (Phi) is 7.13. The van der Waals surface area contributed by atoms with Gasteiger partial charge in [-0.25, -0.2) is 0 Å². The van der Waals surface area contributed by atoms with E-state index < -0.39 is 0 Å². The van der Waals surface area contributed by atoms with E-state index >= 15 is 0 Å². The van der Waals surface area contributed by atoms with Crippen LogP contribution in [0.5, 0.6) is 5.75 Å². The highest BCUT2D eigenvalue weighted by atomic mass is 16.5. The van der Waals surface area contributed by atoms with Crippen molar-refractivity contribution in [2.75, 3.05) is 20.7 Å². The highest BCUT2D eigenvalue weighted by Gasteiger charge is 2.33. The van der Waals surface area contributed by atoms with Gasteiger partial charge in [-0.3, -0.25) is 9.59 Å². The average Bonchev–Trinajstić information content (AvgIpc) is 3.28. The van der Waals surface area contributed by atoms with Crippen molar-refractivity contribution < 1.29 is 14.3 Å². The van der Waals surface area contributed by atoms with Crippen molar-refractivity contribution in [3.63, 3.8) is 0 Å². The van der Waals surface area contributed by atoms with Crippen LogP contribution < -0.4 is 10.1 Å². The lowest BCUT2D eigenvalue weighted by molar-refractivity contribution is -0.124. The van der Waals surface area contributed by atoms with Crippen LogP contribution in [-0.4, -0.2) is 43.5 Å². The van der Waals surface area contributed by atoms with E-state index in [4.69, 9.17) is 4.74 Å². The first-order valence-electron chi connectivity index (χ1n) is 10.3. The molecule has 2 aromatic rings. The van der Waals surface area contributed by atoms with Crippen LogP contribution in [0.1, 0.15) is 47.7 Å². The van der Waals surface area contributed by atoms with Gasteiger partial charge in [-0.15, -0.1) is 0 Å². The fourth-order valence-electron chi connectivity index (χ4n) is 3.75. The molecule has 2 atom stereocenters. The number of nitrogens with zero attached hydrogens (tertiary/aromatic N) is 1. The van der Waals surface area contributed by atoms with Gasteiger partial charge in [0.1, 0.15) is 5.75 Å². The zero-order chi connectivity index (χ0) is 21.5. The first kappa shape index (κ1) is 21.4. The molecule has 5 nitrogen and oxygen atoms in total. The summed E-state index contributed by atoms with van der Waals surface area (Å²) in [6, 6.07) is 15.0. The fourth-order valence-corrected chi connectivity index (χ4v) is 3.75. The number of rotatable bonds is 5. The molecule has 0 heterocycles. The molecule has 0 bridgehead atoms. The van der Waals surface area contributed by atoms with Crippen molar-refractivity contribution in [1.82, 2.24) is 10.2 Å². The number of methoxy groups -OCH3 is 1. The molecule has 1 saturated carbocycles. The molecule has 1 N–H and O–H groups in total. The number of amides is 2. The Labute approximate surface area is 178 Å². The summed E-state index contributed by atoms with van der Waals surface area (Å²) in [7, 11) is 3.46. The zero-order valence-electron chi connectivity index (χ0n) is 17.8. The largest absolute Gasteiger partial charge is 0.497 e. The van der Waals surface area contributed by atoms with E-state index in [-0.39, 0.29) is 23.8 Å². The van der Waals surface area contributed by atoms with E-state index in [1.807, 2.05) is 62.5 Å². The molecule has 0 aromatic heterocycles. The zero-order valence-corrected chi connectivity index (χ0v) is 17.8. The number of hydrogen-bond donors (Lipinski definition) is 1. The third-order valence-electron chi connectivity index (χ3n) is 5.57. The van der Waals surface area contributed by atoms with E-state index in [9.17, 15) is 9.59 Å². The maximum atomic E-state index is 12.9. The molecule has 0 radical (unpaired) electrons. The first-order chi connectivity index (χ1) is 14.5. The van der Waals surface area contributed by atoms with Crippen molar-refractivity contribution in [2.24, 2.45) is 5.92 Å². The van der Waals surface area contributed by atoms with Gasteiger partial charge in [0, 0.05) is 42.2 Å². The van der Waals surface area contributed by atoms with Crippen LogP contribution in [0.3, 0.4) is 0 Å². The standard InChI is InChI=1S/C25H28N2O3/c1-4-26-24(28)21-13-14-22(17-21)27(2)25(29)20-11-7-18(8-12-20)5-6-19-9-15-23(30-3)16-10-19/h7-12,15-16,21-22H,4,13-14,17H2,1-3H3,(H,26,28)/t21-,22+/m0/s1. The predicted octanol–water partition coefficient (Wildman–Crippen LogP) is 3.47. The second-order valence-electron chi connectivity index (χ2n) is 7.53. The molecule has 1 fully saturated rings. The minimum absolute atomic E-state index is 0.000745. The lowest BCUT2D eigenvalue weighted by Crippen LogP contribution is -2.36. The number of carbonyl (C=O) groups is 2. The second kappa shape index (κ2) is 9.98. The Hall–Kier alpha value is -3.26. The topological polar surface area (TPSA) is 58.6 Å². The lowest BCUT2D eigenvalue weighted by Gasteiger charge is -2.24. The molecular formula is C25H28N2O3. The third kappa shape index (κ3) is 5.21. The SMILES string of the molecule is CCNC(=O)[C@H]1CC[C@@H](N(C)C(=O)c2ccc(C#Cc3ccc(OC)cc3)cc2)C1. The quantitative estimate of drug-likeness (QED) is 0.777. The van der Waals surface area contributed by atoms with Crippen LogP contribution in [0.15, 0.2) is 48.5 Å². The van der Waals surface area contributed by atoms with E-state index in [0.29, 0.717) is 12.1 Å². The molecule has 2 aromatic carbocycles. The lowest BCUT2D eigenvalue weighted by atomic mass is 10.1. The summed E-state index contributed by atoms with van der Waals surface area (Å²) in [6.45, 7) is 2.56. The van der Waals surface area contributed by atoms with Crippen LogP contribution in [0, 0.1) is 17.8 Å². The molecule has 0 aliphatic heterocycles. The van der Waals surface area contributed by atoms with Crippen LogP contribution in [0.25, 0.3) is 0 Å². The van der Waals surface area contributed by atoms with Gasteiger partial charge >= 0.3 is 0 Å². The van der Waals surface area contributed by atoms with Gasteiger partial charge in [-0.1, -0.05) is 11.8 Å². The predicted molar refractivity (Wildman–Crippen MR) is 117 cm³/mol. The van der Waals surface area contributed by atoms with Gasteiger partial charge in [0.25, 0.3) is 5.91 Å². The summed E-state index contributed by atoms with van der Waals surface area (Å²) in [4.78, 5) is 26.7. The molecule has 0 spiro atoms. The third-order valence-corrected chi connectivity index (χ3v) is 5.57. The van der Waals surface area contributed by atoms with E-state index in [2.05, 4.69) is 17.2 Å². The fraction of sp³-hybridized carbons (Fsp3) is 0.360. The van der Waals surface area contributed by atoms with Crippen molar-refractivity contribution in [2.45, 2.75) is 32.2 Å². The van der Waals surface area contributed by atoms with Gasteiger partial charge in [0.05, 0.1) is 7.11 Å². The Morgan fingerprint density at radius 1 is 1.03 bits per heavy atom. The van der Waals surface area contributed by atoms with Crippen molar-refractivity contribution in [1.29, 1.82) is 0 Å². The summed E-state index contributed by atoms with van der Waals surface area (Å²) >= 11 is 0. The maximum Gasteiger partial charge on any atom is 0.253 e. The van der Waals surface area contributed by atoms with Crippen molar-refractivity contribution in [3.8, 4) is 17.6 Å². The summed E-state index contributed by atoms with van der Waals surface area (Å²) in [6.07, 6.45) is 2.41. The molecule has 1 aliphatic rings. The van der Waals surface area contributed by atoms with Crippen LogP contribution in [0.2, 0.25) is 0 Å². The second-order valence-corrected chi connectivity index (χ2v) is 7.53. The minimum Gasteiger partial charge on any atom is -0.497 e. The van der Waals surface area contributed by atoms with Crippen LogP contribution >= 0.6 is 0 Å².